The van der Waals surface area contributed by atoms with Gasteiger partial charge >= 0.3 is 0 Å². The highest BCUT2D eigenvalue weighted by molar-refractivity contribution is 4.69. The molecule has 2 nitrogen and oxygen atoms in total. The van der Waals surface area contributed by atoms with Gasteiger partial charge in [0.2, 0.25) is 0 Å². The molecule has 106 valence electrons. The van der Waals surface area contributed by atoms with Crippen molar-refractivity contribution in [1.29, 1.82) is 0 Å². The number of hydrogen-bond acceptors (Lipinski definition) is 2. The maximum atomic E-state index is 3.71. The van der Waals surface area contributed by atoms with E-state index in [0.717, 1.165) is 5.92 Å². The van der Waals surface area contributed by atoms with Gasteiger partial charge < -0.3 is 10.2 Å². The third kappa shape index (κ3) is 5.71. The molecule has 0 aromatic carbocycles. The number of rotatable bonds is 5. The molecule has 2 heteroatoms. The minimum absolute atomic E-state index is 0.964. The molecule has 0 spiro atoms. The Morgan fingerprint density at radius 2 is 1.39 bits per heavy atom. The lowest BCUT2D eigenvalue weighted by Gasteiger charge is -2.27. The van der Waals surface area contributed by atoms with Gasteiger partial charge in [0, 0.05) is 13.1 Å². The summed E-state index contributed by atoms with van der Waals surface area (Å²) in [5.74, 6) is 0.964. The highest BCUT2D eigenvalue weighted by Gasteiger charge is 2.12. The van der Waals surface area contributed by atoms with E-state index in [1.165, 1.54) is 96.9 Å². The minimum atomic E-state index is 0.964. The van der Waals surface area contributed by atoms with Gasteiger partial charge in [0.1, 0.15) is 0 Å². The largest absolute Gasteiger partial charge is 0.315 e. The predicted octanol–water partition coefficient (Wildman–Crippen LogP) is 3.42. The second kappa shape index (κ2) is 8.92. The molecule has 0 radical (unpaired) electrons. The Balaban J connectivity index is 1.50. The fourth-order valence-corrected chi connectivity index (χ4v) is 3.47. The van der Waals surface area contributed by atoms with E-state index in [1.54, 1.807) is 0 Å². The van der Waals surface area contributed by atoms with Crippen LogP contribution < -0.4 is 5.32 Å². The van der Waals surface area contributed by atoms with Crippen LogP contribution in [-0.2, 0) is 0 Å². The van der Waals surface area contributed by atoms with Crippen LogP contribution in [-0.4, -0.2) is 37.6 Å². The maximum absolute atomic E-state index is 3.71. The van der Waals surface area contributed by atoms with E-state index in [9.17, 15) is 0 Å². The van der Waals surface area contributed by atoms with Gasteiger partial charge in [-0.25, -0.2) is 0 Å². The first-order chi connectivity index (χ1) is 8.95. The van der Waals surface area contributed by atoms with Gasteiger partial charge in [0.25, 0.3) is 0 Å². The Hall–Kier alpha value is -0.0800. The molecule has 2 fully saturated rings. The van der Waals surface area contributed by atoms with Gasteiger partial charge in [-0.2, -0.15) is 0 Å². The molecule has 0 aromatic rings. The lowest BCUT2D eigenvalue weighted by atomic mass is 9.91. The molecular weight excluding hydrogens is 220 g/mol. The Labute approximate surface area is 114 Å². The summed E-state index contributed by atoms with van der Waals surface area (Å²) in [4.78, 5) is 2.63. The van der Waals surface area contributed by atoms with Crippen LogP contribution in [0.15, 0.2) is 0 Å². The van der Waals surface area contributed by atoms with E-state index in [1.807, 2.05) is 0 Å². The molecule has 2 aliphatic rings. The Bertz CT molecular complexity index is 191. The zero-order chi connectivity index (χ0) is 12.5. The van der Waals surface area contributed by atoms with E-state index >= 15 is 0 Å². The zero-order valence-corrected chi connectivity index (χ0v) is 12.1. The van der Waals surface area contributed by atoms with Crippen LogP contribution >= 0.6 is 0 Å². The van der Waals surface area contributed by atoms with Gasteiger partial charge in [0.15, 0.2) is 0 Å². The Morgan fingerprint density at radius 3 is 2.11 bits per heavy atom. The number of likely N-dealkylation sites (tertiary alicyclic amines) is 1. The third-order valence-corrected chi connectivity index (χ3v) is 4.71. The van der Waals surface area contributed by atoms with Crippen molar-refractivity contribution in [2.75, 3.05) is 32.7 Å². The topological polar surface area (TPSA) is 15.3 Å². The number of nitrogens with zero attached hydrogens (tertiary/aromatic N) is 1. The first kappa shape index (κ1) is 14.3. The van der Waals surface area contributed by atoms with E-state index in [4.69, 9.17) is 0 Å². The van der Waals surface area contributed by atoms with E-state index in [-0.39, 0.29) is 0 Å². The number of nitrogens with one attached hydrogen (secondary N) is 1. The van der Waals surface area contributed by atoms with Crippen molar-refractivity contribution in [2.24, 2.45) is 5.92 Å². The molecule has 0 amide bonds. The van der Waals surface area contributed by atoms with Gasteiger partial charge in [-0.1, -0.05) is 38.5 Å². The third-order valence-electron chi connectivity index (χ3n) is 4.71. The van der Waals surface area contributed by atoms with Crippen molar-refractivity contribution in [3.8, 4) is 0 Å². The zero-order valence-electron chi connectivity index (χ0n) is 12.1. The summed E-state index contributed by atoms with van der Waals surface area (Å²) in [5.41, 5.74) is 0. The minimum Gasteiger partial charge on any atom is -0.315 e. The molecule has 0 bridgehead atoms. The molecule has 0 aromatic heterocycles. The average Bonchev–Trinajstić information content (AvgIpc) is 2.38. The van der Waals surface area contributed by atoms with Gasteiger partial charge in [-0.3, -0.25) is 0 Å². The molecule has 1 aliphatic carbocycles. The smallest absolute Gasteiger partial charge is 0.0107 e. The maximum Gasteiger partial charge on any atom is 0.0107 e. The fourth-order valence-electron chi connectivity index (χ4n) is 3.47. The van der Waals surface area contributed by atoms with Crippen molar-refractivity contribution in [3.63, 3.8) is 0 Å². The second-order valence-electron chi connectivity index (χ2n) is 6.32. The van der Waals surface area contributed by atoms with Crippen LogP contribution in [0.2, 0.25) is 0 Å². The van der Waals surface area contributed by atoms with Crippen molar-refractivity contribution in [3.05, 3.63) is 0 Å². The van der Waals surface area contributed by atoms with Gasteiger partial charge in [0.05, 0.1) is 0 Å². The van der Waals surface area contributed by atoms with Crippen LogP contribution in [0.3, 0.4) is 0 Å². The molecule has 1 saturated heterocycles. The van der Waals surface area contributed by atoms with E-state index in [0.29, 0.717) is 0 Å². The molecular formula is C16H32N2. The molecule has 1 saturated carbocycles. The summed E-state index contributed by atoms with van der Waals surface area (Å²) >= 11 is 0. The summed E-state index contributed by atoms with van der Waals surface area (Å²) in [6.45, 7) is 6.42. The molecule has 18 heavy (non-hydrogen) atoms. The van der Waals surface area contributed by atoms with Gasteiger partial charge in [-0.05, 0) is 51.2 Å². The second-order valence-corrected chi connectivity index (χ2v) is 6.32. The van der Waals surface area contributed by atoms with Crippen LogP contribution in [0.1, 0.15) is 64.2 Å². The normalized spacial score (nSPS) is 24.7. The molecule has 1 aliphatic heterocycles. The molecule has 2 rings (SSSR count). The fraction of sp³-hybridized carbons (Fsp3) is 1.00. The summed E-state index contributed by atoms with van der Waals surface area (Å²) in [7, 11) is 0. The molecule has 0 unspecified atom stereocenters. The Morgan fingerprint density at radius 1 is 0.778 bits per heavy atom. The number of piperidine rings is 1. The monoisotopic (exact) mass is 252 g/mol. The molecule has 1 heterocycles. The van der Waals surface area contributed by atoms with Crippen LogP contribution in [0, 0.1) is 5.92 Å². The molecule has 1 N–H and O–H groups in total. The SMILES string of the molecule is C1CCCC(CNCCN2CCCCC2)CCC1. The number of hydrogen-bond donors (Lipinski definition) is 1. The van der Waals surface area contributed by atoms with Crippen molar-refractivity contribution in [1.82, 2.24) is 10.2 Å². The quantitative estimate of drug-likeness (QED) is 0.754. The van der Waals surface area contributed by atoms with E-state index in [2.05, 4.69) is 10.2 Å². The summed E-state index contributed by atoms with van der Waals surface area (Å²) in [6.07, 6.45) is 14.6. The Kier molecular flexibility index (Phi) is 7.11. The van der Waals surface area contributed by atoms with Crippen molar-refractivity contribution >= 4 is 0 Å². The standard InChI is InChI=1S/C16H32N2/c1-2-5-9-16(10-6-3-1)15-17-11-14-18-12-7-4-8-13-18/h16-17H,1-15H2. The summed E-state index contributed by atoms with van der Waals surface area (Å²) < 4.78 is 0. The summed E-state index contributed by atoms with van der Waals surface area (Å²) in [6, 6.07) is 0. The van der Waals surface area contributed by atoms with Crippen LogP contribution in [0.4, 0.5) is 0 Å². The van der Waals surface area contributed by atoms with E-state index < -0.39 is 0 Å². The first-order valence-electron chi connectivity index (χ1n) is 8.38. The highest BCUT2D eigenvalue weighted by Crippen LogP contribution is 2.21. The average molecular weight is 252 g/mol. The van der Waals surface area contributed by atoms with Gasteiger partial charge in [-0.15, -0.1) is 0 Å². The van der Waals surface area contributed by atoms with Crippen molar-refractivity contribution in [2.45, 2.75) is 64.2 Å². The van der Waals surface area contributed by atoms with Crippen LogP contribution in [0.5, 0.6) is 0 Å². The predicted molar refractivity (Wildman–Crippen MR) is 79.0 cm³/mol. The first-order valence-corrected chi connectivity index (χ1v) is 8.38. The van der Waals surface area contributed by atoms with Crippen LogP contribution in [0.25, 0.3) is 0 Å². The highest BCUT2D eigenvalue weighted by atomic mass is 15.1. The van der Waals surface area contributed by atoms with Crippen molar-refractivity contribution < 1.29 is 0 Å². The lowest BCUT2D eigenvalue weighted by Crippen LogP contribution is -2.37. The summed E-state index contributed by atoms with van der Waals surface area (Å²) in [5, 5.41) is 3.71. The lowest BCUT2D eigenvalue weighted by molar-refractivity contribution is 0.226. The molecule has 0 atom stereocenters.